The fourth-order valence-corrected chi connectivity index (χ4v) is 3.81. The first-order chi connectivity index (χ1) is 15.8. The Morgan fingerprint density at radius 2 is 1.42 bits per heavy atom. The largest absolute Gasteiger partial charge is 0.478 e. The van der Waals surface area contributed by atoms with E-state index in [-0.39, 0.29) is 34.3 Å². The summed E-state index contributed by atoms with van der Waals surface area (Å²) in [5.74, 6) is -3.11. The van der Waals surface area contributed by atoms with Crippen molar-refractivity contribution in [2.45, 2.75) is 6.54 Å². The summed E-state index contributed by atoms with van der Waals surface area (Å²) in [6, 6.07) is 18.9. The number of pyridine rings is 1. The molecule has 4 rings (SSSR count). The molecule has 8 heteroatoms. The van der Waals surface area contributed by atoms with Gasteiger partial charge in [-0.1, -0.05) is 42.5 Å². The number of hydrogen-bond acceptors (Lipinski definition) is 4. The normalized spacial score (nSPS) is 10.8. The van der Waals surface area contributed by atoms with Gasteiger partial charge in [0.2, 0.25) is 5.91 Å². The van der Waals surface area contributed by atoms with Gasteiger partial charge in [0.25, 0.3) is 5.56 Å². The Morgan fingerprint density at radius 3 is 2.00 bits per heavy atom. The monoisotopic (exact) mass is 442 g/mol. The summed E-state index contributed by atoms with van der Waals surface area (Å²) in [5.41, 5.74) is 6.22. The predicted octanol–water partition coefficient (Wildman–Crippen LogP) is 3.21. The molecule has 0 aliphatic rings. The first-order valence-electron chi connectivity index (χ1n) is 9.89. The van der Waals surface area contributed by atoms with E-state index in [0.717, 1.165) is 4.57 Å². The van der Waals surface area contributed by atoms with Crippen LogP contribution in [0.5, 0.6) is 0 Å². The number of nitrogens with zero attached hydrogens (tertiary/aromatic N) is 1. The lowest BCUT2D eigenvalue weighted by atomic mass is 9.95. The first kappa shape index (κ1) is 21.5. The summed E-state index contributed by atoms with van der Waals surface area (Å²) in [6.45, 7) is -0.0896. The summed E-state index contributed by atoms with van der Waals surface area (Å²) in [5, 5.41) is 19.8. The smallest absolute Gasteiger partial charge is 0.353 e. The van der Waals surface area contributed by atoms with Gasteiger partial charge in [0, 0.05) is 16.5 Å². The third-order valence-electron chi connectivity index (χ3n) is 5.36. The van der Waals surface area contributed by atoms with Crippen LogP contribution in [0, 0.1) is 0 Å². The third kappa shape index (κ3) is 3.97. The molecule has 0 spiro atoms. The number of nitrogens with two attached hydrogens (primary N) is 1. The summed E-state index contributed by atoms with van der Waals surface area (Å²) in [4.78, 5) is 48.7. The van der Waals surface area contributed by atoms with Crippen molar-refractivity contribution in [3.05, 3.63) is 106 Å². The molecule has 0 saturated carbocycles. The van der Waals surface area contributed by atoms with Crippen LogP contribution in [-0.4, -0.2) is 32.6 Å². The molecule has 0 aliphatic heterocycles. The standard InChI is InChI=1S/C25H18N2O6/c26-22(28)17-10-11-18-19(12-17)20(15-4-2-1-3-5-15)21(25(32)33)27(23(18)29)13-14-6-8-16(9-7-14)24(30)31/h1-12H,13H2,(H2,26,28)(H,30,31)(H,32,33). The highest BCUT2D eigenvalue weighted by Gasteiger charge is 2.24. The number of amides is 1. The maximum atomic E-state index is 13.4. The minimum atomic E-state index is -1.32. The summed E-state index contributed by atoms with van der Waals surface area (Å²) in [7, 11) is 0. The first-order valence-corrected chi connectivity index (χ1v) is 9.89. The van der Waals surface area contributed by atoms with Gasteiger partial charge in [-0.2, -0.15) is 0 Å². The number of carboxylic acids is 2. The number of benzene rings is 3. The number of rotatable bonds is 6. The Bertz CT molecular complexity index is 1470. The fourth-order valence-electron chi connectivity index (χ4n) is 3.81. The highest BCUT2D eigenvalue weighted by atomic mass is 16.4. The number of carboxylic acid groups (broad SMARTS) is 2. The number of primary amides is 1. The molecule has 1 aromatic heterocycles. The summed E-state index contributed by atoms with van der Waals surface area (Å²) >= 11 is 0. The van der Waals surface area contributed by atoms with Gasteiger partial charge in [0.05, 0.1) is 12.1 Å². The maximum absolute atomic E-state index is 13.4. The fraction of sp³-hybridized carbons (Fsp3) is 0.0400. The second kappa shape index (κ2) is 8.43. The molecule has 164 valence electrons. The van der Waals surface area contributed by atoms with E-state index in [1.807, 2.05) is 0 Å². The van der Waals surface area contributed by atoms with Crippen molar-refractivity contribution in [2.75, 3.05) is 0 Å². The van der Waals surface area contributed by atoms with Crippen LogP contribution in [0.25, 0.3) is 21.9 Å². The molecule has 4 N–H and O–H groups in total. The van der Waals surface area contributed by atoms with Gasteiger partial charge in [-0.05, 0) is 46.8 Å². The van der Waals surface area contributed by atoms with Crippen LogP contribution in [0.1, 0.15) is 36.8 Å². The topological polar surface area (TPSA) is 140 Å². The molecule has 33 heavy (non-hydrogen) atoms. The molecule has 0 radical (unpaired) electrons. The zero-order valence-electron chi connectivity index (χ0n) is 17.2. The number of carbonyl (C=O) groups is 3. The summed E-state index contributed by atoms with van der Waals surface area (Å²) < 4.78 is 1.15. The zero-order valence-corrected chi connectivity index (χ0v) is 17.2. The van der Waals surface area contributed by atoms with E-state index in [1.165, 1.54) is 42.5 Å². The van der Waals surface area contributed by atoms with Crippen molar-refractivity contribution < 1.29 is 24.6 Å². The lowest BCUT2D eigenvalue weighted by molar-refractivity contribution is 0.0679. The SMILES string of the molecule is NC(=O)c1ccc2c(=O)n(Cc3ccc(C(=O)O)cc3)c(C(=O)O)c(-c3ccccc3)c2c1. The Hall–Kier alpha value is -4.72. The average Bonchev–Trinajstić information content (AvgIpc) is 2.81. The summed E-state index contributed by atoms with van der Waals surface area (Å²) in [6.07, 6.45) is 0. The van der Waals surface area contributed by atoms with E-state index in [2.05, 4.69) is 0 Å². The van der Waals surface area contributed by atoms with E-state index in [0.29, 0.717) is 16.5 Å². The van der Waals surface area contributed by atoms with Gasteiger partial charge in [-0.15, -0.1) is 0 Å². The molecule has 0 fully saturated rings. The van der Waals surface area contributed by atoms with Crippen molar-refractivity contribution in [3.63, 3.8) is 0 Å². The lowest BCUT2D eigenvalue weighted by Gasteiger charge is -2.18. The molecular formula is C25H18N2O6. The molecule has 3 aromatic carbocycles. The van der Waals surface area contributed by atoms with Gasteiger partial charge in [-0.3, -0.25) is 14.2 Å². The van der Waals surface area contributed by atoms with Crippen LogP contribution in [0.4, 0.5) is 0 Å². The number of aromatic carboxylic acids is 2. The van der Waals surface area contributed by atoms with E-state index < -0.39 is 23.4 Å². The van der Waals surface area contributed by atoms with Gasteiger partial charge < -0.3 is 15.9 Å². The van der Waals surface area contributed by atoms with Crippen molar-refractivity contribution in [1.82, 2.24) is 4.57 Å². The van der Waals surface area contributed by atoms with E-state index in [1.54, 1.807) is 30.3 Å². The van der Waals surface area contributed by atoms with Crippen molar-refractivity contribution >= 4 is 28.6 Å². The second-order valence-corrected chi connectivity index (χ2v) is 7.41. The van der Waals surface area contributed by atoms with Gasteiger partial charge >= 0.3 is 11.9 Å². The Labute approximate surface area is 187 Å². The molecule has 0 bridgehead atoms. The minimum absolute atomic E-state index is 0.0759. The number of fused-ring (bicyclic) bond motifs is 1. The van der Waals surface area contributed by atoms with Crippen LogP contribution in [0.15, 0.2) is 77.6 Å². The lowest BCUT2D eigenvalue weighted by Crippen LogP contribution is -2.28. The van der Waals surface area contributed by atoms with E-state index >= 15 is 0 Å². The third-order valence-corrected chi connectivity index (χ3v) is 5.36. The van der Waals surface area contributed by atoms with Gasteiger partial charge in [0.1, 0.15) is 5.69 Å². The molecule has 0 atom stereocenters. The number of carbonyl (C=O) groups excluding carboxylic acids is 1. The maximum Gasteiger partial charge on any atom is 0.353 e. The van der Waals surface area contributed by atoms with Crippen molar-refractivity contribution in [3.8, 4) is 11.1 Å². The quantitative estimate of drug-likeness (QED) is 0.419. The zero-order chi connectivity index (χ0) is 23.7. The van der Waals surface area contributed by atoms with Gasteiger partial charge in [0.15, 0.2) is 0 Å². The highest BCUT2D eigenvalue weighted by Crippen LogP contribution is 2.32. The molecule has 0 unspecified atom stereocenters. The van der Waals surface area contributed by atoms with E-state index in [4.69, 9.17) is 10.8 Å². The number of aromatic nitrogens is 1. The second-order valence-electron chi connectivity index (χ2n) is 7.41. The molecule has 4 aromatic rings. The van der Waals surface area contributed by atoms with Crippen LogP contribution in [0.2, 0.25) is 0 Å². The molecule has 1 amide bonds. The van der Waals surface area contributed by atoms with Crippen LogP contribution >= 0.6 is 0 Å². The molecule has 1 heterocycles. The Kier molecular flexibility index (Phi) is 5.49. The molecule has 0 saturated heterocycles. The Balaban J connectivity index is 2.05. The van der Waals surface area contributed by atoms with Crippen LogP contribution < -0.4 is 11.3 Å². The van der Waals surface area contributed by atoms with E-state index in [9.17, 15) is 24.3 Å². The average molecular weight is 442 g/mol. The Morgan fingerprint density at radius 1 is 0.788 bits per heavy atom. The van der Waals surface area contributed by atoms with Crippen LogP contribution in [-0.2, 0) is 6.54 Å². The minimum Gasteiger partial charge on any atom is -0.478 e. The molecule has 8 nitrogen and oxygen atoms in total. The van der Waals surface area contributed by atoms with Crippen molar-refractivity contribution in [1.29, 1.82) is 0 Å². The molecular weight excluding hydrogens is 424 g/mol. The van der Waals surface area contributed by atoms with Gasteiger partial charge in [-0.25, -0.2) is 9.59 Å². The molecule has 0 aliphatic carbocycles. The van der Waals surface area contributed by atoms with Crippen molar-refractivity contribution in [2.24, 2.45) is 5.73 Å². The highest BCUT2D eigenvalue weighted by molar-refractivity contribution is 6.08. The van der Waals surface area contributed by atoms with Crippen LogP contribution in [0.3, 0.4) is 0 Å². The number of hydrogen-bond donors (Lipinski definition) is 3. The predicted molar refractivity (Wildman–Crippen MR) is 122 cm³/mol.